The molecular weight excluding hydrogens is 596 g/mol. The molecule has 11 heteroatoms. The zero-order chi connectivity index (χ0) is 34.7. The molecule has 1 fully saturated rings. The van der Waals surface area contributed by atoms with E-state index in [4.69, 9.17) is 4.74 Å². The minimum absolute atomic E-state index is 0.209. The lowest BCUT2D eigenvalue weighted by Gasteiger charge is -2.35. The van der Waals surface area contributed by atoms with Crippen LogP contribution >= 0.6 is 0 Å². The number of pyridine rings is 1. The van der Waals surface area contributed by atoms with E-state index in [2.05, 4.69) is 26.0 Å². The van der Waals surface area contributed by atoms with Crippen molar-refractivity contribution < 1.29 is 23.9 Å². The molecule has 4 rings (SSSR count). The van der Waals surface area contributed by atoms with E-state index in [1.807, 2.05) is 64.1 Å². The zero-order valence-corrected chi connectivity index (χ0v) is 29.1. The molecule has 2 aliphatic heterocycles. The zero-order valence-electron chi connectivity index (χ0n) is 29.1. The first kappa shape index (κ1) is 37.3. The SMILES string of the molecule is CC.CN=C(C)CCC1C/C=C/c2cc3cc(ccc3cn2)[C@@H](C)NC(=O)C2CCCN(N2)C(=O)C(C)NC(=O)C(C(C)C)OC1=O. The second-order valence-electron chi connectivity index (χ2n) is 12.4. The summed E-state index contributed by atoms with van der Waals surface area (Å²) in [6, 6.07) is 6.19. The fourth-order valence-corrected chi connectivity index (χ4v) is 5.55. The number of hydrogen-bond acceptors (Lipinski definition) is 8. The van der Waals surface area contributed by atoms with Gasteiger partial charge < -0.3 is 15.4 Å². The highest BCUT2D eigenvalue weighted by Gasteiger charge is 2.34. The van der Waals surface area contributed by atoms with E-state index in [0.29, 0.717) is 38.6 Å². The molecule has 3 amide bonds. The van der Waals surface area contributed by atoms with E-state index in [0.717, 1.165) is 27.7 Å². The summed E-state index contributed by atoms with van der Waals surface area (Å²) in [6.45, 7) is 13.4. The molecule has 1 saturated heterocycles. The van der Waals surface area contributed by atoms with Crippen molar-refractivity contribution in [2.45, 2.75) is 105 Å². The van der Waals surface area contributed by atoms with Crippen LogP contribution in [0.25, 0.3) is 16.8 Å². The normalized spacial score (nSPS) is 25.7. The third-order valence-corrected chi connectivity index (χ3v) is 8.51. The van der Waals surface area contributed by atoms with Crippen LogP contribution in [0.1, 0.15) is 97.9 Å². The van der Waals surface area contributed by atoms with Crippen molar-refractivity contribution in [2.75, 3.05) is 13.6 Å². The molecule has 1 aromatic carbocycles. The van der Waals surface area contributed by atoms with Gasteiger partial charge in [0, 0.05) is 30.9 Å². The van der Waals surface area contributed by atoms with Crippen molar-refractivity contribution in [3.63, 3.8) is 0 Å². The first-order chi connectivity index (χ1) is 22.5. The Bertz CT molecular complexity index is 1470. The highest BCUT2D eigenvalue weighted by atomic mass is 16.5. The summed E-state index contributed by atoms with van der Waals surface area (Å²) >= 11 is 0. The third kappa shape index (κ3) is 10.2. The fourth-order valence-electron chi connectivity index (χ4n) is 5.55. The molecule has 2 aromatic rings. The lowest BCUT2D eigenvalue weighted by Crippen LogP contribution is -2.61. The Balaban J connectivity index is 0.00000294. The Morgan fingerprint density at radius 1 is 1.04 bits per heavy atom. The number of rotatable bonds is 4. The Morgan fingerprint density at radius 3 is 2.47 bits per heavy atom. The predicted molar refractivity (Wildman–Crippen MR) is 185 cm³/mol. The van der Waals surface area contributed by atoms with Crippen LogP contribution in [0.2, 0.25) is 0 Å². The number of amides is 3. The number of ether oxygens (including phenoxy) is 1. The molecule has 47 heavy (non-hydrogen) atoms. The molecule has 0 saturated carbocycles. The second-order valence-corrected chi connectivity index (χ2v) is 12.4. The van der Waals surface area contributed by atoms with Crippen molar-refractivity contribution in [1.29, 1.82) is 0 Å². The molecule has 256 valence electrons. The molecule has 11 nitrogen and oxygen atoms in total. The van der Waals surface area contributed by atoms with E-state index in [1.165, 1.54) is 5.01 Å². The standard InChI is InChI=1S/C34H46N6O5.C2H6/c1-20(2)30-32(42)38-23(5)33(43)40-16-8-11-29(39-40)31(41)37-22(4)25-14-15-26-19-36-28(18-27(26)17-25)10-7-9-24(34(44)45-30)13-12-21(3)35-6;1-2/h7,10,14-15,17-20,22-24,29-30,39H,8-9,11-13,16H2,1-6H3,(H,37,41)(H,38,42);1-2H3/b10-7+,35-21?;/t22-,23?,24?,29?,30?;/m1./s1. The first-order valence-electron chi connectivity index (χ1n) is 16.8. The summed E-state index contributed by atoms with van der Waals surface area (Å²) in [5, 5.41) is 9.16. The van der Waals surface area contributed by atoms with Crippen LogP contribution in [-0.4, -0.2) is 71.2 Å². The number of carbonyl (C=O) groups excluding carboxylic acids is 4. The molecule has 2 aliphatic rings. The number of aliphatic imine (C=N–C) groups is 1. The maximum absolute atomic E-state index is 13.5. The van der Waals surface area contributed by atoms with Crippen molar-refractivity contribution in [3.8, 4) is 0 Å². The molecule has 3 N–H and O–H groups in total. The van der Waals surface area contributed by atoms with E-state index >= 15 is 0 Å². The third-order valence-electron chi connectivity index (χ3n) is 8.51. The minimum atomic E-state index is -1.08. The number of nitrogens with zero attached hydrogens (tertiary/aromatic N) is 3. The van der Waals surface area contributed by atoms with E-state index < -0.39 is 36.0 Å². The van der Waals surface area contributed by atoms with Gasteiger partial charge >= 0.3 is 5.97 Å². The molecule has 4 unspecified atom stereocenters. The number of aromatic nitrogens is 1. The van der Waals surface area contributed by atoms with E-state index in [-0.39, 0.29) is 23.8 Å². The van der Waals surface area contributed by atoms with Gasteiger partial charge in [-0.3, -0.25) is 34.2 Å². The Labute approximate surface area is 279 Å². The van der Waals surface area contributed by atoms with Gasteiger partial charge in [-0.2, -0.15) is 0 Å². The molecule has 1 aromatic heterocycles. The number of hydrogen-bond donors (Lipinski definition) is 3. The minimum Gasteiger partial charge on any atom is -0.452 e. The van der Waals surface area contributed by atoms with E-state index in [9.17, 15) is 19.2 Å². The van der Waals surface area contributed by atoms with Crippen molar-refractivity contribution in [2.24, 2.45) is 16.8 Å². The number of carbonyl (C=O) groups is 4. The van der Waals surface area contributed by atoms with Gasteiger partial charge in [0.1, 0.15) is 12.1 Å². The quantitative estimate of drug-likeness (QED) is 0.316. The van der Waals surface area contributed by atoms with Gasteiger partial charge in [0.05, 0.1) is 17.7 Å². The first-order valence-corrected chi connectivity index (χ1v) is 16.8. The highest BCUT2D eigenvalue weighted by molar-refractivity contribution is 5.91. The second kappa shape index (κ2) is 17.7. The fraction of sp³-hybridized carbons (Fsp3) is 0.556. The molecule has 5 bridgehead atoms. The molecule has 0 spiro atoms. The lowest BCUT2D eigenvalue weighted by atomic mass is 9.97. The monoisotopic (exact) mass is 648 g/mol. The smallest absolute Gasteiger partial charge is 0.310 e. The number of esters is 1. The van der Waals surface area contributed by atoms with Gasteiger partial charge in [-0.25, -0.2) is 5.43 Å². The van der Waals surface area contributed by atoms with Gasteiger partial charge in [0.25, 0.3) is 11.8 Å². The Hall–Kier alpha value is -4.12. The number of fused-ring (bicyclic) bond motifs is 4. The molecule has 0 radical (unpaired) electrons. The topological polar surface area (TPSA) is 142 Å². The van der Waals surface area contributed by atoms with Crippen LogP contribution in [0.3, 0.4) is 0 Å². The molecular formula is C36H52N6O5. The van der Waals surface area contributed by atoms with Crippen LogP contribution in [0.4, 0.5) is 0 Å². The number of nitrogens with one attached hydrogen (secondary N) is 3. The van der Waals surface area contributed by atoms with E-state index in [1.54, 1.807) is 34.0 Å². The number of benzene rings is 1. The molecule has 0 aliphatic carbocycles. The van der Waals surface area contributed by atoms with Crippen molar-refractivity contribution in [3.05, 3.63) is 47.8 Å². The number of allylic oxidation sites excluding steroid dienone is 1. The summed E-state index contributed by atoms with van der Waals surface area (Å²) in [7, 11) is 1.72. The van der Waals surface area contributed by atoms with Gasteiger partial charge in [0.2, 0.25) is 5.91 Å². The van der Waals surface area contributed by atoms with Gasteiger partial charge in [-0.05, 0) is 88.0 Å². The van der Waals surface area contributed by atoms with Crippen LogP contribution in [-0.2, 0) is 23.9 Å². The lowest BCUT2D eigenvalue weighted by molar-refractivity contribution is -0.163. The van der Waals surface area contributed by atoms with Crippen LogP contribution in [0, 0.1) is 11.8 Å². The average Bonchev–Trinajstić information content (AvgIpc) is 3.07. The van der Waals surface area contributed by atoms with Gasteiger partial charge in [0.15, 0.2) is 6.10 Å². The Morgan fingerprint density at radius 2 is 1.77 bits per heavy atom. The number of cyclic esters (lactones) is 1. The summed E-state index contributed by atoms with van der Waals surface area (Å²) in [4.78, 5) is 62.2. The van der Waals surface area contributed by atoms with Crippen LogP contribution in [0.5, 0.6) is 0 Å². The predicted octanol–water partition coefficient (Wildman–Crippen LogP) is 4.91. The number of hydrazine groups is 1. The highest BCUT2D eigenvalue weighted by Crippen LogP contribution is 2.23. The Kier molecular flexibility index (Phi) is 14.1. The van der Waals surface area contributed by atoms with Crippen molar-refractivity contribution in [1.82, 2.24) is 26.1 Å². The summed E-state index contributed by atoms with van der Waals surface area (Å²) in [5.74, 6) is -2.43. The largest absolute Gasteiger partial charge is 0.452 e. The van der Waals surface area contributed by atoms with Gasteiger partial charge in [-0.15, -0.1) is 0 Å². The summed E-state index contributed by atoms with van der Waals surface area (Å²) < 4.78 is 5.83. The molecule has 5 atom stereocenters. The maximum Gasteiger partial charge on any atom is 0.310 e. The van der Waals surface area contributed by atoms with Crippen LogP contribution < -0.4 is 16.1 Å². The maximum atomic E-state index is 13.5. The summed E-state index contributed by atoms with van der Waals surface area (Å²) in [5.41, 5.74) is 5.65. The average molecular weight is 649 g/mol. The summed E-state index contributed by atoms with van der Waals surface area (Å²) in [6.07, 6.45) is 7.22. The molecule has 3 heterocycles. The van der Waals surface area contributed by atoms with Crippen molar-refractivity contribution >= 4 is 46.3 Å². The van der Waals surface area contributed by atoms with Crippen LogP contribution in [0.15, 0.2) is 41.5 Å². The van der Waals surface area contributed by atoms with Gasteiger partial charge in [-0.1, -0.05) is 45.9 Å².